The van der Waals surface area contributed by atoms with Gasteiger partial charge in [-0.2, -0.15) is 0 Å². The first-order chi connectivity index (χ1) is 9.63. The van der Waals surface area contributed by atoms with Gasteiger partial charge in [0.15, 0.2) is 5.82 Å². The first-order valence-corrected chi connectivity index (χ1v) is 6.36. The molecule has 0 radical (unpaired) electrons. The predicted molar refractivity (Wildman–Crippen MR) is 71.2 cm³/mol. The van der Waals surface area contributed by atoms with Crippen molar-refractivity contribution in [2.75, 3.05) is 0 Å². The lowest BCUT2D eigenvalue weighted by Gasteiger charge is -2.07. The van der Waals surface area contributed by atoms with Gasteiger partial charge in [-0.3, -0.25) is 4.79 Å². The number of carbonyl (C=O) groups excluding carboxylic acids is 1. The molecule has 1 aromatic heterocycles. The summed E-state index contributed by atoms with van der Waals surface area (Å²) in [5.41, 5.74) is 6.34. The third-order valence-corrected chi connectivity index (χ3v) is 3.24. The molecule has 0 bridgehead atoms. The van der Waals surface area contributed by atoms with Gasteiger partial charge in [0.1, 0.15) is 5.75 Å². The zero-order valence-corrected chi connectivity index (χ0v) is 10.7. The zero-order chi connectivity index (χ0) is 14.1. The predicted octanol–water partition coefficient (Wildman–Crippen LogP) is 2.99. The third-order valence-electron chi connectivity index (χ3n) is 3.24. The maximum atomic E-state index is 13.7. The van der Waals surface area contributed by atoms with E-state index in [0.29, 0.717) is 11.7 Å². The molecule has 1 saturated carbocycles. The van der Waals surface area contributed by atoms with Crippen molar-refractivity contribution in [3.05, 3.63) is 53.5 Å². The van der Waals surface area contributed by atoms with Crippen LogP contribution in [0.15, 0.2) is 36.5 Å². The molecule has 1 aliphatic carbocycles. The number of nitrogens with zero attached hydrogens (tertiary/aromatic N) is 1. The van der Waals surface area contributed by atoms with E-state index in [1.807, 2.05) is 12.1 Å². The fraction of sp³-hybridized carbons (Fsp3) is 0.200. The molecule has 3 rings (SSSR count). The molecule has 4 nitrogen and oxygen atoms in total. The standard InChI is InChI=1S/C15H13FN2O2/c16-13-7-11(14(17)19)8-18-15(13)20-12-5-3-10(4-6-12)9-1-2-9/h3-9H,1-2H2,(H2,17,19). The van der Waals surface area contributed by atoms with Crippen LogP contribution < -0.4 is 10.5 Å². The smallest absolute Gasteiger partial charge is 0.255 e. The van der Waals surface area contributed by atoms with Crippen molar-refractivity contribution in [3.8, 4) is 11.6 Å². The number of pyridine rings is 1. The fourth-order valence-corrected chi connectivity index (χ4v) is 1.97. The van der Waals surface area contributed by atoms with Crippen LogP contribution >= 0.6 is 0 Å². The van der Waals surface area contributed by atoms with E-state index in [-0.39, 0.29) is 11.4 Å². The molecule has 1 aliphatic rings. The molecule has 0 atom stereocenters. The highest BCUT2D eigenvalue weighted by Crippen LogP contribution is 2.40. The summed E-state index contributed by atoms with van der Waals surface area (Å²) in [4.78, 5) is 14.7. The summed E-state index contributed by atoms with van der Waals surface area (Å²) in [7, 11) is 0. The molecule has 2 aromatic rings. The van der Waals surface area contributed by atoms with Crippen molar-refractivity contribution in [2.45, 2.75) is 18.8 Å². The molecule has 2 N–H and O–H groups in total. The van der Waals surface area contributed by atoms with Crippen molar-refractivity contribution in [2.24, 2.45) is 5.73 Å². The lowest BCUT2D eigenvalue weighted by molar-refractivity contribution is 0.0999. The van der Waals surface area contributed by atoms with Crippen LogP contribution in [0.3, 0.4) is 0 Å². The van der Waals surface area contributed by atoms with E-state index in [1.54, 1.807) is 12.1 Å². The van der Waals surface area contributed by atoms with Gasteiger partial charge in [-0.25, -0.2) is 9.37 Å². The van der Waals surface area contributed by atoms with Crippen molar-refractivity contribution < 1.29 is 13.9 Å². The van der Waals surface area contributed by atoms with Gasteiger partial charge in [-0.15, -0.1) is 0 Å². The number of primary amides is 1. The van der Waals surface area contributed by atoms with Crippen LogP contribution in [0.25, 0.3) is 0 Å². The number of halogens is 1. The van der Waals surface area contributed by atoms with E-state index in [2.05, 4.69) is 4.98 Å². The summed E-state index contributed by atoms with van der Waals surface area (Å²) < 4.78 is 19.1. The number of benzene rings is 1. The number of aromatic nitrogens is 1. The quantitative estimate of drug-likeness (QED) is 0.930. The average molecular weight is 272 g/mol. The largest absolute Gasteiger partial charge is 0.436 e. The SMILES string of the molecule is NC(=O)c1cnc(Oc2ccc(C3CC3)cc2)c(F)c1. The first-order valence-electron chi connectivity index (χ1n) is 6.36. The second-order valence-electron chi connectivity index (χ2n) is 4.82. The lowest BCUT2D eigenvalue weighted by atomic mass is 10.1. The summed E-state index contributed by atoms with van der Waals surface area (Å²) in [6, 6.07) is 8.54. The van der Waals surface area contributed by atoms with Crippen molar-refractivity contribution in [1.82, 2.24) is 4.98 Å². The number of rotatable bonds is 4. The van der Waals surface area contributed by atoms with Crippen LogP contribution in [0.4, 0.5) is 4.39 Å². The molecule has 102 valence electrons. The zero-order valence-electron chi connectivity index (χ0n) is 10.7. The Bertz CT molecular complexity index is 651. The Balaban J connectivity index is 1.78. The van der Waals surface area contributed by atoms with Crippen LogP contribution in [0.5, 0.6) is 11.6 Å². The van der Waals surface area contributed by atoms with Gasteiger partial charge in [-0.1, -0.05) is 12.1 Å². The molecule has 20 heavy (non-hydrogen) atoms. The van der Waals surface area contributed by atoms with E-state index in [9.17, 15) is 9.18 Å². The van der Waals surface area contributed by atoms with E-state index in [0.717, 1.165) is 6.07 Å². The first kappa shape index (κ1) is 12.6. The number of carbonyl (C=O) groups is 1. The van der Waals surface area contributed by atoms with E-state index >= 15 is 0 Å². The Hall–Kier alpha value is -2.43. The van der Waals surface area contributed by atoms with Crippen LogP contribution in [-0.4, -0.2) is 10.9 Å². The molecule has 0 aliphatic heterocycles. The highest BCUT2D eigenvalue weighted by atomic mass is 19.1. The summed E-state index contributed by atoms with van der Waals surface area (Å²) >= 11 is 0. The summed E-state index contributed by atoms with van der Waals surface area (Å²) in [6.45, 7) is 0. The molecule has 0 unspecified atom stereocenters. The molecule has 1 aromatic carbocycles. The van der Waals surface area contributed by atoms with E-state index in [4.69, 9.17) is 10.5 Å². The van der Waals surface area contributed by atoms with Crippen LogP contribution in [0.1, 0.15) is 34.7 Å². The van der Waals surface area contributed by atoms with Crippen molar-refractivity contribution >= 4 is 5.91 Å². The van der Waals surface area contributed by atoms with Crippen LogP contribution in [0, 0.1) is 5.82 Å². The van der Waals surface area contributed by atoms with Gasteiger partial charge < -0.3 is 10.5 Å². The summed E-state index contributed by atoms with van der Waals surface area (Å²) in [5.74, 6) is -0.445. The second kappa shape index (κ2) is 4.92. The minimum atomic E-state index is -0.725. The normalized spacial score (nSPS) is 14.1. The monoisotopic (exact) mass is 272 g/mol. The highest BCUT2D eigenvalue weighted by molar-refractivity contribution is 5.92. The minimum absolute atomic E-state index is 0.0129. The van der Waals surface area contributed by atoms with Gasteiger partial charge >= 0.3 is 0 Å². The molecule has 0 saturated heterocycles. The second-order valence-corrected chi connectivity index (χ2v) is 4.82. The number of hydrogen-bond acceptors (Lipinski definition) is 3. The van der Waals surface area contributed by atoms with Gasteiger partial charge in [0.2, 0.25) is 5.91 Å². The molecule has 1 heterocycles. The van der Waals surface area contributed by atoms with Gasteiger partial charge in [0.05, 0.1) is 5.56 Å². The minimum Gasteiger partial charge on any atom is -0.436 e. The lowest BCUT2D eigenvalue weighted by Crippen LogP contribution is -2.11. The Labute approximate surface area is 115 Å². The van der Waals surface area contributed by atoms with Crippen LogP contribution in [-0.2, 0) is 0 Å². The van der Waals surface area contributed by atoms with Gasteiger partial charge in [0, 0.05) is 6.20 Å². The number of hydrogen-bond donors (Lipinski definition) is 1. The Kier molecular flexibility index (Phi) is 3.10. The fourth-order valence-electron chi connectivity index (χ4n) is 1.97. The molecule has 5 heteroatoms. The molecular weight excluding hydrogens is 259 g/mol. The Morgan fingerprint density at radius 1 is 1.30 bits per heavy atom. The summed E-state index contributed by atoms with van der Waals surface area (Å²) in [5, 5.41) is 0. The Morgan fingerprint density at radius 3 is 2.55 bits per heavy atom. The van der Waals surface area contributed by atoms with Crippen LogP contribution in [0.2, 0.25) is 0 Å². The molecule has 1 amide bonds. The average Bonchev–Trinajstić information content (AvgIpc) is 3.26. The maximum absolute atomic E-state index is 13.7. The highest BCUT2D eigenvalue weighted by Gasteiger charge is 2.23. The van der Waals surface area contributed by atoms with E-state index in [1.165, 1.54) is 24.6 Å². The van der Waals surface area contributed by atoms with Gasteiger partial charge in [0.25, 0.3) is 5.88 Å². The number of ether oxygens (including phenoxy) is 1. The number of nitrogens with two attached hydrogens (primary N) is 1. The van der Waals surface area contributed by atoms with Crippen molar-refractivity contribution in [3.63, 3.8) is 0 Å². The molecular formula is C15H13FN2O2. The topological polar surface area (TPSA) is 65.2 Å². The number of amides is 1. The molecule has 0 spiro atoms. The van der Waals surface area contributed by atoms with Gasteiger partial charge in [-0.05, 0) is 42.5 Å². The Morgan fingerprint density at radius 2 is 2.00 bits per heavy atom. The third kappa shape index (κ3) is 2.61. The van der Waals surface area contributed by atoms with Crippen molar-refractivity contribution in [1.29, 1.82) is 0 Å². The molecule has 1 fully saturated rings. The van der Waals surface area contributed by atoms with E-state index < -0.39 is 11.7 Å². The summed E-state index contributed by atoms with van der Waals surface area (Å²) in [6.07, 6.45) is 3.65. The maximum Gasteiger partial charge on any atom is 0.255 e.